The molecule has 0 aliphatic carbocycles. The number of hydrogen-bond donors (Lipinski definition) is 1. The Hall–Kier alpha value is -3.68. The highest BCUT2D eigenvalue weighted by atomic mass is 16.6. The van der Waals surface area contributed by atoms with Crippen LogP contribution in [0.25, 0.3) is 0 Å². The third kappa shape index (κ3) is 4.60. The zero-order valence-corrected chi connectivity index (χ0v) is 16.0. The first-order valence-electron chi connectivity index (χ1n) is 9.32. The molecule has 1 N–H and O–H groups in total. The maximum absolute atomic E-state index is 12.6. The van der Waals surface area contributed by atoms with E-state index in [1.54, 1.807) is 36.7 Å². The Morgan fingerprint density at radius 2 is 1.86 bits per heavy atom. The van der Waals surface area contributed by atoms with Crippen molar-refractivity contribution in [1.29, 1.82) is 0 Å². The van der Waals surface area contributed by atoms with Gasteiger partial charge >= 0.3 is 0 Å². The molecule has 3 heterocycles. The van der Waals surface area contributed by atoms with Crippen LogP contribution in [0.1, 0.15) is 16.1 Å². The van der Waals surface area contributed by atoms with Gasteiger partial charge in [-0.3, -0.25) is 9.78 Å². The Bertz CT molecular complexity index is 997. The van der Waals surface area contributed by atoms with Crippen molar-refractivity contribution >= 4 is 17.4 Å². The van der Waals surface area contributed by atoms with E-state index in [2.05, 4.69) is 20.3 Å². The zero-order chi connectivity index (χ0) is 20.1. The van der Waals surface area contributed by atoms with Gasteiger partial charge in [0.05, 0.1) is 0 Å². The summed E-state index contributed by atoms with van der Waals surface area (Å²) >= 11 is 0. The molecule has 2 aromatic heterocycles. The minimum absolute atomic E-state index is 0.292. The van der Waals surface area contributed by atoms with Gasteiger partial charge in [-0.15, -0.1) is 0 Å². The number of carbonyl (C=O) groups is 1. The Morgan fingerprint density at radius 3 is 2.69 bits per heavy atom. The Labute approximate surface area is 168 Å². The molecule has 29 heavy (non-hydrogen) atoms. The normalized spacial score (nSPS) is 12.3. The van der Waals surface area contributed by atoms with Crippen LogP contribution in [-0.2, 0) is 6.42 Å². The molecule has 0 saturated carbocycles. The minimum atomic E-state index is -0.312. The maximum Gasteiger partial charge on any atom is 0.274 e. The Morgan fingerprint density at radius 1 is 1.07 bits per heavy atom. The van der Waals surface area contributed by atoms with E-state index in [4.69, 9.17) is 9.47 Å². The molecule has 8 heteroatoms. The quantitative estimate of drug-likeness (QED) is 0.691. The van der Waals surface area contributed by atoms with Crippen LogP contribution in [0.2, 0.25) is 0 Å². The van der Waals surface area contributed by atoms with E-state index in [0.717, 1.165) is 13.0 Å². The molecule has 148 valence electrons. The largest absolute Gasteiger partial charge is 0.486 e. The van der Waals surface area contributed by atoms with Gasteiger partial charge in [-0.2, -0.15) is 0 Å². The van der Waals surface area contributed by atoms with Crippen LogP contribution in [0.5, 0.6) is 11.5 Å². The van der Waals surface area contributed by atoms with Gasteiger partial charge in [0.1, 0.15) is 31.1 Å². The molecule has 0 unspecified atom stereocenters. The van der Waals surface area contributed by atoms with Crippen LogP contribution in [-0.4, -0.2) is 47.7 Å². The van der Waals surface area contributed by atoms with Crippen molar-refractivity contribution in [3.8, 4) is 11.5 Å². The van der Waals surface area contributed by atoms with E-state index in [0.29, 0.717) is 41.9 Å². The number of amides is 1. The van der Waals surface area contributed by atoms with E-state index in [1.807, 2.05) is 24.1 Å². The van der Waals surface area contributed by atoms with Crippen molar-refractivity contribution in [2.24, 2.45) is 0 Å². The highest BCUT2D eigenvalue weighted by Crippen LogP contribution is 2.32. The average molecular weight is 391 g/mol. The van der Waals surface area contributed by atoms with E-state index in [9.17, 15) is 4.79 Å². The number of fused-ring (bicyclic) bond motifs is 1. The van der Waals surface area contributed by atoms with Crippen LogP contribution in [0, 0.1) is 0 Å². The summed E-state index contributed by atoms with van der Waals surface area (Å²) in [5.41, 5.74) is 2.10. The van der Waals surface area contributed by atoms with Gasteiger partial charge in [0.15, 0.2) is 11.5 Å². The number of nitrogens with one attached hydrogen (secondary N) is 1. The lowest BCUT2D eigenvalue weighted by Gasteiger charge is -2.19. The summed E-state index contributed by atoms with van der Waals surface area (Å²) in [6, 6.07) is 11.0. The summed E-state index contributed by atoms with van der Waals surface area (Å²) in [7, 11) is 1.94. The maximum atomic E-state index is 12.6. The molecule has 0 saturated heterocycles. The monoisotopic (exact) mass is 391 g/mol. The summed E-state index contributed by atoms with van der Waals surface area (Å²) in [5, 5.41) is 2.84. The number of nitrogens with zero attached hydrogens (tertiary/aromatic N) is 4. The van der Waals surface area contributed by atoms with Crippen molar-refractivity contribution in [2.75, 3.05) is 37.0 Å². The van der Waals surface area contributed by atoms with Gasteiger partial charge in [0.2, 0.25) is 0 Å². The lowest BCUT2D eigenvalue weighted by Crippen LogP contribution is -2.23. The summed E-state index contributed by atoms with van der Waals surface area (Å²) in [6.07, 6.45) is 5.80. The van der Waals surface area contributed by atoms with E-state index in [1.165, 1.54) is 11.9 Å². The second-order valence-corrected chi connectivity index (χ2v) is 6.60. The fourth-order valence-corrected chi connectivity index (χ4v) is 2.96. The number of carbonyl (C=O) groups excluding carboxylic acids is 1. The Balaban J connectivity index is 1.41. The number of anilines is 2. The number of aromatic nitrogens is 3. The molecule has 0 spiro atoms. The highest BCUT2D eigenvalue weighted by molar-refractivity contribution is 6.03. The van der Waals surface area contributed by atoms with Crippen LogP contribution in [0.4, 0.5) is 11.5 Å². The number of hydrogen-bond acceptors (Lipinski definition) is 7. The summed E-state index contributed by atoms with van der Waals surface area (Å²) in [4.78, 5) is 27.0. The van der Waals surface area contributed by atoms with Gasteiger partial charge in [-0.25, -0.2) is 9.97 Å². The molecule has 4 rings (SSSR count). The smallest absolute Gasteiger partial charge is 0.274 e. The van der Waals surface area contributed by atoms with E-state index < -0.39 is 0 Å². The fourth-order valence-electron chi connectivity index (χ4n) is 2.96. The van der Waals surface area contributed by atoms with E-state index in [-0.39, 0.29) is 5.91 Å². The van der Waals surface area contributed by atoms with Gasteiger partial charge < -0.3 is 19.7 Å². The lowest BCUT2D eigenvalue weighted by molar-refractivity contribution is 0.102. The van der Waals surface area contributed by atoms with E-state index >= 15 is 0 Å². The predicted molar refractivity (Wildman–Crippen MR) is 109 cm³/mol. The Kier molecular flexibility index (Phi) is 5.51. The average Bonchev–Trinajstić information content (AvgIpc) is 2.78. The third-order valence-corrected chi connectivity index (χ3v) is 4.56. The first kappa shape index (κ1) is 18.7. The molecule has 3 aromatic rings. The first-order chi connectivity index (χ1) is 14.2. The number of pyridine rings is 1. The molecule has 1 aliphatic heterocycles. The zero-order valence-electron chi connectivity index (χ0n) is 16.0. The van der Waals surface area contributed by atoms with Gasteiger partial charge in [-0.05, 0) is 36.2 Å². The predicted octanol–water partition coefficient (Wildman–Crippen LogP) is 2.57. The van der Waals surface area contributed by atoms with Crippen molar-refractivity contribution in [3.05, 3.63) is 66.4 Å². The van der Waals surface area contributed by atoms with Crippen LogP contribution in [0.15, 0.2) is 55.1 Å². The topological polar surface area (TPSA) is 89.5 Å². The summed E-state index contributed by atoms with van der Waals surface area (Å²) in [5.74, 6) is 1.66. The second kappa shape index (κ2) is 8.55. The molecule has 0 bridgehead atoms. The van der Waals surface area contributed by atoms with Crippen LogP contribution in [0.3, 0.4) is 0 Å². The minimum Gasteiger partial charge on any atom is -0.486 e. The SMILES string of the molecule is CN(CCc1ccncc1)c1cc(C(=O)Nc2ccc3c(c2)OCCO3)ncn1. The molecule has 1 aliphatic rings. The van der Waals surface area contributed by atoms with Crippen molar-refractivity contribution in [1.82, 2.24) is 15.0 Å². The molecule has 0 radical (unpaired) electrons. The molecular weight excluding hydrogens is 370 g/mol. The molecular formula is C21H21N5O3. The van der Waals surface area contributed by atoms with Gasteiger partial charge in [-0.1, -0.05) is 0 Å². The number of rotatable bonds is 6. The molecule has 8 nitrogen and oxygen atoms in total. The summed E-state index contributed by atoms with van der Waals surface area (Å²) in [6.45, 7) is 1.77. The second-order valence-electron chi connectivity index (χ2n) is 6.60. The molecule has 0 fully saturated rings. The van der Waals surface area contributed by atoms with Crippen LogP contribution >= 0.6 is 0 Å². The number of ether oxygens (including phenoxy) is 2. The number of benzene rings is 1. The van der Waals surface area contributed by atoms with Gasteiger partial charge in [0.25, 0.3) is 5.91 Å². The first-order valence-corrected chi connectivity index (χ1v) is 9.32. The summed E-state index contributed by atoms with van der Waals surface area (Å²) < 4.78 is 11.1. The van der Waals surface area contributed by atoms with Crippen molar-refractivity contribution in [2.45, 2.75) is 6.42 Å². The molecule has 1 aromatic carbocycles. The lowest BCUT2D eigenvalue weighted by atomic mass is 10.2. The van der Waals surface area contributed by atoms with Gasteiger partial charge in [0, 0.05) is 43.8 Å². The number of likely N-dealkylation sites (N-methyl/N-ethyl adjacent to an activating group) is 1. The fraction of sp³-hybridized carbons (Fsp3) is 0.238. The van der Waals surface area contributed by atoms with Crippen molar-refractivity contribution < 1.29 is 14.3 Å². The van der Waals surface area contributed by atoms with Crippen LogP contribution < -0.4 is 19.7 Å². The third-order valence-electron chi connectivity index (χ3n) is 4.56. The highest BCUT2D eigenvalue weighted by Gasteiger charge is 2.15. The standard InChI is InChI=1S/C21H21N5O3/c1-26(9-6-15-4-7-22-8-5-15)20-13-17(23-14-24-20)21(27)25-16-2-3-18-19(12-16)29-11-10-28-18/h2-5,7-8,12-14H,6,9-11H2,1H3,(H,25,27). The van der Waals surface area contributed by atoms with Crippen molar-refractivity contribution in [3.63, 3.8) is 0 Å². The molecule has 1 amide bonds. The molecule has 0 atom stereocenters.